The maximum Gasteiger partial charge on any atom is 0.0685 e. The predicted molar refractivity (Wildman–Crippen MR) is 57.3 cm³/mol. The first kappa shape index (κ1) is 10.7. The lowest BCUT2D eigenvalue weighted by molar-refractivity contribution is 0.279. The minimum absolute atomic E-state index is 0.0136. The highest BCUT2D eigenvalue weighted by molar-refractivity contribution is 9.10. The first-order valence-corrected chi connectivity index (χ1v) is 5.13. The Bertz CT molecular complexity index is 288. The maximum absolute atomic E-state index is 9.08. The third-order valence-electron chi connectivity index (χ3n) is 2.12. The Hall–Kier alpha value is -0.380. The number of aliphatic hydroxyl groups excluding tert-OH is 1. The monoisotopic (exact) mass is 243 g/mol. The summed E-state index contributed by atoms with van der Waals surface area (Å²) in [5.41, 5.74) is 7.85. The van der Waals surface area contributed by atoms with Gasteiger partial charge < -0.3 is 10.8 Å². The Kier molecular flexibility index (Phi) is 3.90. The van der Waals surface area contributed by atoms with Gasteiger partial charge in [-0.3, -0.25) is 0 Å². The van der Waals surface area contributed by atoms with Gasteiger partial charge in [0.05, 0.1) is 6.61 Å². The van der Waals surface area contributed by atoms with E-state index < -0.39 is 0 Å². The Morgan fingerprint density at radius 2 is 2.23 bits per heavy atom. The number of hydrogen-bond donors (Lipinski definition) is 2. The number of aliphatic hydroxyl groups is 1. The van der Waals surface area contributed by atoms with Crippen LogP contribution in [0.1, 0.15) is 30.5 Å². The van der Waals surface area contributed by atoms with Crippen molar-refractivity contribution < 1.29 is 5.11 Å². The summed E-state index contributed by atoms with van der Waals surface area (Å²) in [5, 5.41) is 9.08. The highest BCUT2D eigenvalue weighted by Crippen LogP contribution is 2.23. The van der Waals surface area contributed by atoms with Crippen molar-refractivity contribution >= 4 is 15.9 Å². The molecule has 0 saturated heterocycles. The third-order valence-corrected chi connectivity index (χ3v) is 2.61. The lowest BCUT2D eigenvalue weighted by atomic mass is 10.00. The number of rotatable bonds is 3. The predicted octanol–water partition coefficient (Wildman–Crippen LogP) is 2.35. The zero-order valence-electron chi connectivity index (χ0n) is 7.63. The minimum Gasteiger partial charge on any atom is -0.392 e. The number of halogens is 1. The topological polar surface area (TPSA) is 46.2 Å². The molecular weight excluding hydrogens is 230 g/mol. The van der Waals surface area contributed by atoms with E-state index in [4.69, 9.17) is 10.8 Å². The Morgan fingerprint density at radius 1 is 1.54 bits per heavy atom. The molecule has 1 aromatic rings. The van der Waals surface area contributed by atoms with Crippen molar-refractivity contribution in [2.75, 3.05) is 0 Å². The van der Waals surface area contributed by atoms with Crippen molar-refractivity contribution in [3.8, 4) is 0 Å². The second-order valence-electron chi connectivity index (χ2n) is 3.02. The van der Waals surface area contributed by atoms with E-state index in [1.165, 1.54) is 0 Å². The highest BCUT2D eigenvalue weighted by atomic mass is 79.9. The zero-order chi connectivity index (χ0) is 9.84. The van der Waals surface area contributed by atoms with Crippen molar-refractivity contribution in [1.82, 2.24) is 0 Å². The molecule has 0 aliphatic carbocycles. The van der Waals surface area contributed by atoms with Crippen molar-refractivity contribution in [3.63, 3.8) is 0 Å². The molecule has 0 bridgehead atoms. The van der Waals surface area contributed by atoms with Gasteiger partial charge in [0.2, 0.25) is 0 Å². The summed E-state index contributed by atoms with van der Waals surface area (Å²) in [6.45, 7) is 2.09. The van der Waals surface area contributed by atoms with Crippen LogP contribution in [0.25, 0.3) is 0 Å². The number of hydrogen-bond acceptors (Lipinski definition) is 2. The molecule has 0 radical (unpaired) electrons. The van der Waals surface area contributed by atoms with Gasteiger partial charge in [0.15, 0.2) is 0 Å². The first-order valence-electron chi connectivity index (χ1n) is 4.33. The van der Waals surface area contributed by atoms with Gasteiger partial charge in [0.25, 0.3) is 0 Å². The zero-order valence-corrected chi connectivity index (χ0v) is 9.21. The molecule has 0 fully saturated rings. The molecule has 0 unspecified atom stereocenters. The summed E-state index contributed by atoms with van der Waals surface area (Å²) in [5.74, 6) is 0. The molecular formula is C10H14BrNO. The van der Waals surface area contributed by atoms with Crippen LogP contribution in [0.15, 0.2) is 22.7 Å². The van der Waals surface area contributed by atoms with Gasteiger partial charge in [-0.25, -0.2) is 0 Å². The van der Waals surface area contributed by atoms with Gasteiger partial charge in [-0.05, 0) is 29.7 Å². The van der Waals surface area contributed by atoms with Gasteiger partial charge in [-0.15, -0.1) is 0 Å². The minimum atomic E-state index is 0.0136. The molecule has 0 amide bonds. The molecule has 3 heteroatoms. The van der Waals surface area contributed by atoms with Crippen LogP contribution >= 0.6 is 15.9 Å². The fraction of sp³-hybridized carbons (Fsp3) is 0.400. The molecule has 0 aliphatic rings. The van der Waals surface area contributed by atoms with E-state index in [1.807, 2.05) is 25.1 Å². The van der Waals surface area contributed by atoms with Crippen molar-refractivity contribution in [1.29, 1.82) is 0 Å². The van der Waals surface area contributed by atoms with Gasteiger partial charge in [0.1, 0.15) is 0 Å². The molecule has 1 rings (SSSR count). The summed E-state index contributed by atoms with van der Waals surface area (Å²) >= 11 is 3.39. The van der Waals surface area contributed by atoms with Gasteiger partial charge in [0, 0.05) is 10.5 Å². The van der Waals surface area contributed by atoms with Crippen LogP contribution in [0.2, 0.25) is 0 Å². The molecule has 13 heavy (non-hydrogen) atoms. The third kappa shape index (κ3) is 2.53. The van der Waals surface area contributed by atoms with Gasteiger partial charge in [-0.2, -0.15) is 0 Å². The Balaban J connectivity index is 3.07. The lowest BCUT2D eigenvalue weighted by Crippen LogP contribution is -2.11. The molecule has 72 valence electrons. The fourth-order valence-corrected chi connectivity index (χ4v) is 1.65. The van der Waals surface area contributed by atoms with Crippen LogP contribution in [0.3, 0.4) is 0 Å². The molecule has 0 saturated carbocycles. The average Bonchev–Trinajstić information content (AvgIpc) is 2.16. The lowest BCUT2D eigenvalue weighted by Gasteiger charge is -2.13. The number of nitrogens with two attached hydrogens (primary N) is 1. The second kappa shape index (κ2) is 4.74. The van der Waals surface area contributed by atoms with Gasteiger partial charge in [-0.1, -0.05) is 28.9 Å². The van der Waals surface area contributed by atoms with E-state index in [0.717, 1.165) is 22.0 Å². The van der Waals surface area contributed by atoms with Crippen molar-refractivity contribution in [2.45, 2.75) is 26.0 Å². The Morgan fingerprint density at radius 3 is 2.77 bits per heavy atom. The standard InChI is InChI=1S/C10H14BrNO/c1-2-10(12)9-5-8(11)4-3-7(9)6-13/h3-5,10,13H,2,6,12H2,1H3/t10-/m1/s1. The summed E-state index contributed by atoms with van der Waals surface area (Å²) < 4.78 is 1.00. The van der Waals surface area contributed by atoms with E-state index in [9.17, 15) is 0 Å². The van der Waals surface area contributed by atoms with Crippen LogP contribution in [0.5, 0.6) is 0 Å². The molecule has 0 spiro atoms. The van der Waals surface area contributed by atoms with Crippen LogP contribution < -0.4 is 5.73 Å². The normalized spacial score (nSPS) is 12.9. The summed E-state index contributed by atoms with van der Waals surface area (Å²) in [6, 6.07) is 5.80. The molecule has 0 heterocycles. The van der Waals surface area contributed by atoms with E-state index >= 15 is 0 Å². The smallest absolute Gasteiger partial charge is 0.0685 e. The molecule has 3 N–H and O–H groups in total. The van der Waals surface area contributed by atoms with E-state index in [1.54, 1.807) is 0 Å². The van der Waals surface area contributed by atoms with E-state index in [2.05, 4.69) is 15.9 Å². The van der Waals surface area contributed by atoms with E-state index in [0.29, 0.717) is 0 Å². The molecule has 0 aliphatic heterocycles. The molecule has 2 nitrogen and oxygen atoms in total. The second-order valence-corrected chi connectivity index (χ2v) is 3.93. The van der Waals surface area contributed by atoms with Crippen LogP contribution in [0, 0.1) is 0 Å². The highest BCUT2D eigenvalue weighted by Gasteiger charge is 2.08. The van der Waals surface area contributed by atoms with Crippen LogP contribution in [0.4, 0.5) is 0 Å². The van der Waals surface area contributed by atoms with Crippen molar-refractivity contribution in [3.05, 3.63) is 33.8 Å². The molecule has 1 atom stereocenters. The summed E-state index contributed by atoms with van der Waals surface area (Å²) in [4.78, 5) is 0. The van der Waals surface area contributed by atoms with Gasteiger partial charge >= 0.3 is 0 Å². The molecule has 0 aromatic heterocycles. The average molecular weight is 244 g/mol. The largest absolute Gasteiger partial charge is 0.392 e. The number of benzene rings is 1. The molecule has 1 aromatic carbocycles. The SMILES string of the molecule is CC[C@@H](N)c1cc(Br)ccc1CO. The van der Waals surface area contributed by atoms with Crippen LogP contribution in [-0.2, 0) is 6.61 Å². The Labute approximate surface area is 86.9 Å². The summed E-state index contributed by atoms with van der Waals surface area (Å²) in [6.07, 6.45) is 0.878. The van der Waals surface area contributed by atoms with Crippen LogP contribution in [-0.4, -0.2) is 5.11 Å². The maximum atomic E-state index is 9.08. The van der Waals surface area contributed by atoms with E-state index in [-0.39, 0.29) is 12.6 Å². The fourth-order valence-electron chi connectivity index (χ4n) is 1.27. The summed E-state index contributed by atoms with van der Waals surface area (Å²) in [7, 11) is 0. The quantitative estimate of drug-likeness (QED) is 0.857. The first-order chi connectivity index (χ1) is 6.19. The van der Waals surface area contributed by atoms with Crippen molar-refractivity contribution in [2.24, 2.45) is 5.73 Å².